The number of para-hydroxylation sites is 1. The molecule has 10 aromatic rings. The first kappa shape index (κ1) is 29.5. The van der Waals surface area contributed by atoms with E-state index in [0.717, 1.165) is 23.0 Å². The van der Waals surface area contributed by atoms with Gasteiger partial charge in [-0.1, -0.05) is 170 Å². The molecule has 1 spiro atoms. The van der Waals surface area contributed by atoms with Gasteiger partial charge in [0.05, 0.1) is 11.7 Å². The molecule has 13 rings (SSSR count). The summed E-state index contributed by atoms with van der Waals surface area (Å²) in [7, 11) is 0. The molecule has 0 N–H and O–H groups in total. The molecule has 0 radical (unpaired) electrons. The molecule has 9 aromatic carbocycles. The van der Waals surface area contributed by atoms with E-state index >= 15 is 0 Å². The third-order valence-electron chi connectivity index (χ3n) is 13.0. The predicted octanol–water partition coefficient (Wildman–Crippen LogP) is 14.0. The molecule has 1 nitrogen and oxygen atoms in total. The minimum Gasteiger partial charge on any atom is -0.464 e. The van der Waals surface area contributed by atoms with Crippen LogP contribution in [0.15, 0.2) is 187 Å². The second-order valence-electron chi connectivity index (χ2n) is 15.4. The second-order valence-corrected chi connectivity index (χ2v) is 15.4. The molecule has 0 unspecified atom stereocenters. The van der Waals surface area contributed by atoms with Gasteiger partial charge in [0, 0.05) is 16.5 Å². The standard InChI is InChI=1S/C54H32O/c1-3-18-41-39(16-1)51(40-17-2-4-19-42(40)52(41)45-31-55-50-24-12-8-15-38(45)50)32-25-26-34-33(29-32)30-44-35(34)27-28-49-53(44)43-20-7-11-23-48(43)54(49)46-21-9-5-13-36(46)37-14-6-10-22-47(37)54/h1-29,31H,30H2. The number of benzene rings is 9. The molecule has 0 saturated carbocycles. The quantitative estimate of drug-likeness (QED) is 0.164. The van der Waals surface area contributed by atoms with Gasteiger partial charge in [0.1, 0.15) is 5.58 Å². The molecule has 0 aliphatic heterocycles. The SMILES string of the molecule is c1ccc2c(c1)-c1ccccc1C21c2ccccc2-c2c1ccc1c2Cc2cc(-c3c4ccccc4c(-c4coc5ccccc45)c4ccccc34)ccc2-1. The van der Waals surface area contributed by atoms with Crippen molar-refractivity contribution in [1.29, 1.82) is 0 Å². The normalized spacial score (nSPS) is 13.9. The first-order valence-corrected chi connectivity index (χ1v) is 19.3. The fourth-order valence-corrected chi connectivity index (χ4v) is 10.9. The third-order valence-corrected chi connectivity index (χ3v) is 13.0. The van der Waals surface area contributed by atoms with Crippen molar-refractivity contribution < 1.29 is 4.42 Å². The number of hydrogen-bond donors (Lipinski definition) is 0. The maximum atomic E-state index is 6.12. The first-order chi connectivity index (χ1) is 27.3. The van der Waals surface area contributed by atoms with E-state index in [1.54, 1.807) is 0 Å². The van der Waals surface area contributed by atoms with Crippen LogP contribution in [0.2, 0.25) is 0 Å². The van der Waals surface area contributed by atoms with Crippen LogP contribution in [0.5, 0.6) is 0 Å². The van der Waals surface area contributed by atoms with E-state index in [1.807, 2.05) is 12.3 Å². The minimum absolute atomic E-state index is 0.325. The van der Waals surface area contributed by atoms with E-state index in [-0.39, 0.29) is 5.41 Å². The van der Waals surface area contributed by atoms with Crippen LogP contribution in [0.3, 0.4) is 0 Å². The maximum absolute atomic E-state index is 6.12. The van der Waals surface area contributed by atoms with Crippen molar-refractivity contribution in [1.82, 2.24) is 0 Å². The summed E-state index contributed by atoms with van der Waals surface area (Å²) in [4.78, 5) is 0. The van der Waals surface area contributed by atoms with E-state index in [4.69, 9.17) is 4.42 Å². The van der Waals surface area contributed by atoms with Crippen molar-refractivity contribution >= 4 is 32.5 Å². The molecule has 3 aliphatic rings. The second kappa shape index (κ2) is 10.6. The molecule has 0 amide bonds. The number of fused-ring (bicyclic) bond motifs is 17. The topological polar surface area (TPSA) is 13.1 Å². The Hall–Kier alpha value is -6.96. The van der Waals surface area contributed by atoms with E-state index in [0.29, 0.717) is 0 Å². The Labute approximate surface area is 318 Å². The zero-order valence-corrected chi connectivity index (χ0v) is 29.9. The molecule has 0 saturated heterocycles. The molecule has 0 bridgehead atoms. The Morgan fingerprint density at radius 1 is 0.364 bits per heavy atom. The van der Waals surface area contributed by atoms with Gasteiger partial charge in [0.25, 0.3) is 0 Å². The Morgan fingerprint density at radius 2 is 0.891 bits per heavy atom. The number of hydrogen-bond acceptors (Lipinski definition) is 1. The summed E-state index contributed by atoms with van der Waals surface area (Å²) in [6.45, 7) is 0. The van der Waals surface area contributed by atoms with Crippen LogP contribution >= 0.6 is 0 Å². The van der Waals surface area contributed by atoms with Gasteiger partial charge in [-0.05, 0) is 112 Å². The summed E-state index contributed by atoms with van der Waals surface area (Å²) >= 11 is 0. The largest absolute Gasteiger partial charge is 0.464 e. The van der Waals surface area contributed by atoms with Crippen LogP contribution in [0.1, 0.15) is 33.4 Å². The van der Waals surface area contributed by atoms with Crippen molar-refractivity contribution in [2.24, 2.45) is 0 Å². The summed E-state index contributed by atoms with van der Waals surface area (Å²) in [5, 5.41) is 6.13. The Morgan fingerprint density at radius 3 is 1.56 bits per heavy atom. The van der Waals surface area contributed by atoms with Crippen molar-refractivity contribution in [3.8, 4) is 55.6 Å². The first-order valence-electron chi connectivity index (χ1n) is 19.3. The lowest BCUT2D eigenvalue weighted by Crippen LogP contribution is -2.25. The van der Waals surface area contributed by atoms with Gasteiger partial charge in [-0.25, -0.2) is 0 Å². The fourth-order valence-electron chi connectivity index (χ4n) is 10.9. The lowest BCUT2D eigenvalue weighted by Gasteiger charge is -2.30. The Balaban J connectivity index is 1.02. The summed E-state index contributed by atoms with van der Waals surface area (Å²) in [6.07, 6.45) is 2.85. The van der Waals surface area contributed by atoms with Crippen molar-refractivity contribution in [3.05, 3.63) is 216 Å². The number of rotatable bonds is 2. The van der Waals surface area contributed by atoms with Crippen molar-refractivity contribution in [2.75, 3.05) is 0 Å². The predicted molar refractivity (Wildman–Crippen MR) is 227 cm³/mol. The fraction of sp³-hybridized carbons (Fsp3) is 0.0370. The summed E-state index contributed by atoms with van der Waals surface area (Å²) in [5.74, 6) is 0. The van der Waals surface area contributed by atoms with Crippen LogP contribution in [-0.4, -0.2) is 0 Å². The number of furan rings is 1. The molecule has 0 atom stereocenters. The molecule has 1 heteroatoms. The maximum Gasteiger partial charge on any atom is 0.134 e. The van der Waals surface area contributed by atoms with Gasteiger partial charge < -0.3 is 4.42 Å². The molecule has 254 valence electrons. The molecule has 0 fully saturated rings. The van der Waals surface area contributed by atoms with Gasteiger partial charge in [-0.3, -0.25) is 0 Å². The highest BCUT2D eigenvalue weighted by molar-refractivity contribution is 6.23. The lowest BCUT2D eigenvalue weighted by atomic mass is 9.70. The summed E-state index contributed by atoms with van der Waals surface area (Å²) < 4.78 is 6.12. The smallest absolute Gasteiger partial charge is 0.134 e. The molecular formula is C54H32O. The molecule has 55 heavy (non-hydrogen) atoms. The van der Waals surface area contributed by atoms with Gasteiger partial charge >= 0.3 is 0 Å². The zero-order valence-electron chi connectivity index (χ0n) is 29.9. The Bertz CT molecular complexity index is 3200. The van der Waals surface area contributed by atoms with Crippen molar-refractivity contribution in [2.45, 2.75) is 11.8 Å². The third kappa shape index (κ3) is 3.63. The lowest BCUT2D eigenvalue weighted by molar-refractivity contribution is 0.617. The van der Waals surface area contributed by atoms with Gasteiger partial charge in [0.15, 0.2) is 0 Å². The monoisotopic (exact) mass is 696 g/mol. The van der Waals surface area contributed by atoms with Crippen LogP contribution < -0.4 is 0 Å². The molecule has 1 aromatic heterocycles. The average Bonchev–Trinajstić information content (AvgIpc) is 3.99. The van der Waals surface area contributed by atoms with Crippen molar-refractivity contribution in [3.63, 3.8) is 0 Å². The van der Waals surface area contributed by atoms with Crippen LogP contribution in [-0.2, 0) is 11.8 Å². The van der Waals surface area contributed by atoms with Crippen LogP contribution in [0.25, 0.3) is 88.1 Å². The van der Waals surface area contributed by atoms with Crippen LogP contribution in [0, 0.1) is 0 Å². The Kier molecular flexibility index (Phi) is 5.68. The van der Waals surface area contributed by atoms with E-state index in [9.17, 15) is 0 Å². The summed E-state index contributed by atoms with van der Waals surface area (Å²) in [6, 6.07) is 65.7. The average molecular weight is 697 g/mol. The zero-order chi connectivity index (χ0) is 35.8. The highest BCUT2D eigenvalue weighted by Gasteiger charge is 2.52. The van der Waals surface area contributed by atoms with E-state index < -0.39 is 0 Å². The van der Waals surface area contributed by atoms with Gasteiger partial charge in [0.2, 0.25) is 0 Å². The van der Waals surface area contributed by atoms with E-state index in [1.165, 1.54) is 105 Å². The molecular weight excluding hydrogens is 665 g/mol. The van der Waals surface area contributed by atoms with E-state index in [2.05, 4.69) is 170 Å². The highest BCUT2D eigenvalue weighted by Crippen LogP contribution is 2.64. The molecule has 3 aliphatic carbocycles. The van der Waals surface area contributed by atoms with Gasteiger partial charge in [-0.2, -0.15) is 0 Å². The molecule has 1 heterocycles. The minimum atomic E-state index is -0.325. The highest BCUT2D eigenvalue weighted by atomic mass is 16.3. The summed E-state index contributed by atoms with van der Waals surface area (Å²) in [5.41, 5.74) is 22.1. The van der Waals surface area contributed by atoms with Gasteiger partial charge in [-0.15, -0.1) is 0 Å². The van der Waals surface area contributed by atoms with Crippen LogP contribution in [0.4, 0.5) is 0 Å².